The molecule has 18 heteroatoms. The van der Waals surface area contributed by atoms with Crippen LogP contribution in [0.2, 0.25) is 10.0 Å². The van der Waals surface area contributed by atoms with Gasteiger partial charge in [-0.25, -0.2) is 16.8 Å². The topological polar surface area (TPSA) is 166 Å². The Kier molecular flexibility index (Phi) is 20.0. The number of hydrogen-bond donors (Lipinski definition) is 1. The summed E-state index contributed by atoms with van der Waals surface area (Å²) in [5.74, 6) is 0.387. The molecular weight excluding hydrogens is 747 g/mol. The predicted molar refractivity (Wildman–Crippen MR) is 180 cm³/mol. The summed E-state index contributed by atoms with van der Waals surface area (Å²) in [6, 6.07) is 6.11. The Labute approximate surface area is 333 Å². The van der Waals surface area contributed by atoms with Crippen molar-refractivity contribution in [3.8, 4) is 0 Å². The molecule has 11 nitrogen and oxygen atoms in total. The number of oxime groups is 2. The van der Waals surface area contributed by atoms with Crippen molar-refractivity contribution in [1.82, 2.24) is 0 Å². The maximum Gasteiger partial charge on any atom is 1.00 e. The van der Waals surface area contributed by atoms with Gasteiger partial charge in [-0.2, -0.15) is 6.92 Å². The zero-order chi connectivity index (χ0) is 33.4. The number of aliphatic hydroxyl groups is 1. The van der Waals surface area contributed by atoms with E-state index in [0.717, 1.165) is 35.7 Å². The molecule has 0 aliphatic carbocycles. The van der Waals surface area contributed by atoms with Gasteiger partial charge in [-0.05, 0) is 37.1 Å². The van der Waals surface area contributed by atoms with Crippen LogP contribution in [0, 0.1) is 0 Å². The van der Waals surface area contributed by atoms with E-state index in [1.54, 1.807) is 13.0 Å². The standard InChI is InChI=1S/C14H16ClNO4S2.C12H14ClNO4S.C2H3O.K.H2S/c1-8-6-11(20-16-8)13-12(22(3,18)19)5-4-10(14(13)15)7-21-9(2)17;1-7-5-9(18-14-7)11-10(19(2,16)17)4-3-8(6-15)12(11)13;1-2-3;;/h4-5,11H,6-7H2,1-3H3;3-4,9,15H,5-6H2,1-2H3;1H3;;1H2/q;;-1;+1;/p-1. The molecule has 0 aromatic heterocycles. The molecule has 1 N–H and O–H groups in total. The molecule has 2 atom stereocenters. The van der Waals surface area contributed by atoms with Crippen molar-refractivity contribution in [1.29, 1.82) is 0 Å². The van der Waals surface area contributed by atoms with E-state index in [1.165, 1.54) is 38.3 Å². The molecule has 2 unspecified atom stereocenters. The van der Waals surface area contributed by atoms with Crippen molar-refractivity contribution in [2.75, 3.05) is 12.5 Å². The van der Waals surface area contributed by atoms with Gasteiger partial charge >= 0.3 is 51.4 Å². The second-order valence-corrected chi connectivity index (χ2v) is 15.7. The minimum absolute atomic E-state index is 0. The molecule has 2 aromatic rings. The van der Waals surface area contributed by atoms with E-state index in [-0.39, 0.29) is 91.4 Å². The third-order valence-corrected chi connectivity index (χ3v) is 10.2. The molecule has 0 bridgehead atoms. The summed E-state index contributed by atoms with van der Waals surface area (Å²) in [5, 5.41) is 17.4. The first-order valence-electron chi connectivity index (χ1n) is 12.9. The van der Waals surface area contributed by atoms with Gasteiger partial charge in [-0.3, -0.25) is 11.1 Å². The number of sulfone groups is 2. The van der Waals surface area contributed by atoms with E-state index >= 15 is 0 Å². The summed E-state index contributed by atoms with van der Waals surface area (Å²) < 4.78 is 47.7. The van der Waals surface area contributed by atoms with Gasteiger partial charge in [0.25, 0.3) is 0 Å². The second kappa shape index (κ2) is 20.2. The first kappa shape index (κ1) is 45.5. The SMILES string of the molecule is CC(=O)SCc1ccc(S(C)(=O)=O)c(C2CC(C)=NO2)c1Cl.CC1=NOC(c2c(S(C)(=O)=O)ccc(CO)c2Cl)C1.C[C-]=O.[K+].[SH-]. The molecule has 4 rings (SSSR count). The fourth-order valence-electron chi connectivity index (χ4n) is 4.20. The van der Waals surface area contributed by atoms with Crippen molar-refractivity contribution >= 4 is 91.0 Å². The van der Waals surface area contributed by atoms with Gasteiger partial charge in [0.1, 0.15) is 0 Å². The molecule has 0 radical (unpaired) electrons. The van der Waals surface area contributed by atoms with Crippen LogP contribution in [0.4, 0.5) is 0 Å². The zero-order valence-electron chi connectivity index (χ0n) is 26.3. The van der Waals surface area contributed by atoms with Crippen molar-refractivity contribution in [2.45, 2.75) is 74.9 Å². The monoisotopic (exact) mass is 779 g/mol. The molecule has 2 heterocycles. The molecular formula is C28H34Cl2KN2O9S4-. The Balaban J connectivity index is 0.000000786. The molecule has 0 spiro atoms. The van der Waals surface area contributed by atoms with Crippen LogP contribution >= 0.6 is 35.0 Å². The van der Waals surface area contributed by atoms with Crippen LogP contribution in [-0.2, 0) is 64.8 Å². The molecule has 0 saturated carbocycles. The third-order valence-electron chi connectivity index (χ3n) is 6.12. The molecule has 0 saturated heterocycles. The average molecular weight is 781 g/mol. The number of thiol groups is 1. The van der Waals surface area contributed by atoms with Crippen molar-refractivity contribution < 1.29 is 92.6 Å². The molecule has 0 amide bonds. The fourth-order valence-corrected chi connectivity index (χ4v) is 7.59. The van der Waals surface area contributed by atoms with Crippen LogP contribution in [0.1, 0.15) is 75.0 Å². The molecule has 2 aromatic carbocycles. The van der Waals surface area contributed by atoms with E-state index in [9.17, 15) is 26.7 Å². The van der Waals surface area contributed by atoms with Crippen LogP contribution in [0.25, 0.3) is 0 Å². The first-order valence-corrected chi connectivity index (χ1v) is 18.4. The average Bonchev–Trinajstić information content (AvgIpc) is 3.55. The molecule has 2 aliphatic rings. The van der Waals surface area contributed by atoms with Crippen molar-refractivity contribution in [2.24, 2.45) is 10.3 Å². The maximum absolute atomic E-state index is 12.0. The number of rotatable bonds is 7. The number of carbonyl (C=O) groups excluding carboxylic acids is 2. The van der Waals surface area contributed by atoms with Crippen LogP contribution in [-0.4, -0.2) is 57.3 Å². The van der Waals surface area contributed by atoms with E-state index in [2.05, 4.69) is 10.3 Å². The van der Waals surface area contributed by atoms with Gasteiger partial charge in [0.15, 0.2) is 37.0 Å². The number of halogens is 2. The summed E-state index contributed by atoms with van der Waals surface area (Å²) in [7, 11) is -6.88. The summed E-state index contributed by atoms with van der Waals surface area (Å²) in [6.45, 7) is 6.14. The summed E-state index contributed by atoms with van der Waals surface area (Å²) in [5.41, 5.74) is 3.52. The van der Waals surface area contributed by atoms with Gasteiger partial charge in [0.05, 0.1) is 37.9 Å². The number of thioether (sulfide) groups is 1. The van der Waals surface area contributed by atoms with Crippen molar-refractivity contribution in [3.05, 3.63) is 56.6 Å². The Morgan fingerprint density at radius 2 is 1.28 bits per heavy atom. The quantitative estimate of drug-likeness (QED) is 0.190. The second-order valence-electron chi connectivity index (χ2n) is 9.84. The third kappa shape index (κ3) is 12.7. The molecule has 250 valence electrons. The van der Waals surface area contributed by atoms with Gasteiger partial charge < -0.3 is 33.1 Å². The number of benzene rings is 2. The van der Waals surface area contributed by atoms with Crippen LogP contribution in [0.5, 0.6) is 0 Å². The van der Waals surface area contributed by atoms with Crippen LogP contribution < -0.4 is 51.4 Å². The zero-order valence-corrected chi connectivity index (χ0v) is 34.3. The van der Waals surface area contributed by atoms with E-state index in [0.29, 0.717) is 45.9 Å². The minimum Gasteiger partial charge on any atom is -0.813 e. The first-order chi connectivity index (χ1) is 20.5. The van der Waals surface area contributed by atoms with E-state index in [1.807, 2.05) is 6.92 Å². The van der Waals surface area contributed by atoms with Crippen LogP contribution in [0.15, 0.2) is 44.4 Å². The Bertz CT molecular complexity index is 1690. The smallest absolute Gasteiger partial charge is 0.813 e. The number of nitrogens with zero attached hydrogens (tertiary/aromatic N) is 2. The van der Waals surface area contributed by atoms with Crippen LogP contribution in [0.3, 0.4) is 0 Å². The normalized spacial score (nSPS) is 16.8. The van der Waals surface area contributed by atoms with Gasteiger partial charge in [0, 0.05) is 49.2 Å². The number of aliphatic hydroxyl groups excluding tert-OH is 1. The largest absolute Gasteiger partial charge is 1.00 e. The number of hydrogen-bond acceptors (Lipinski definition) is 13. The Hall–Kier alpha value is -0.504. The maximum atomic E-state index is 12.0. The fraction of sp³-hybridized carbons (Fsp3) is 0.429. The summed E-state index contributed by atoms with van der Waals surface area (Å²) in [6.07, 6.45) is 3.68. The Morgan fingerprint density at radius 1 is 0.913 bits per heavy atom. The molecule has 2 aliphatic heterocycles. The molecule has 0 fully saturated rings. The Morgan fingerprint density at radius 3 is 1.59 bits per heavy atom. The molecule has 46 heavy (non-hydrogen) atoms. The summed E-state index contributed by atoms with van der Waals surface area (Å²) in [4.78, 5) is 30.6. The van der Waals surface area contributed by atoms with Gasteiger partial charge in [-0.1, -0.05) is 57.4 Å². The summed E-state index contributed by atoms with van der Waals surface area (Å²) >= 11 is 13.7. The van der Waals surface area contributed by atoms with Crippen molar-refractivity contribution in [3.63, 3.8) is 0 Å². The predicted octanol–water partition coefficient (Wildman–Crippen LogP) is 2.28. The number of carbonyl (C=O) groups is 1. The van der Waals surface area contributed by atoms with E-state index < -0.39 is 31.9 Å². The minimum atomic E-state index is -3.45. The van der Waals surface area contributed by atoms with E-state index in [4.69, 9.17) is 37.7 Å². The van der Waals surface area contributed by atoms with Gasteiger partial charge in [-0.15, -0.1) is 0 Å². The van der Waals surface area contributed by atoms with Gasteiger partial charge in [0.2, 0.25) is 0 Å².